The van der Waals surface area contributed by atoms with Gasteiger partial charge in [0.1, 0.15) is 11.3 Å². The van der Waals surface area contributed by atoms with Crippen molar-refractivity contribution in [3.8, 4) is 11.5 Å². The Morgan fingerprint density at radius 3 is 2.33 bits per heavy atom. The van der Waals surface area contributed by atoms with E-state index in [1.807, 2.05) is 32.9 Å². The molecule has 0 heterocycles. The van der Waals surface area contributed by atoms with Gasteiger partial charge in [-0.15, -0.1) is 0 Å². The number of carbonyl (C=O) groups is 1. The number of esters is 1. The third-order valence-corrected chi connectivity index (χ3v) is 3.53. The minimum Gasteiger partial charge on any atom is -0.465 e. The molecule has 4 heteroatoms. The van der Waals surface area contributed by atoms with Crippen LogP contribution in [0, 0.1) is 20.8 Å². The SMILES string of the molecule is COC(=O)c1cccc(N)c1Oc1c(C)ccc(C)c1C. The van der Waals surface area contributed by atoms with E-state index in [0.717, 1.165) is 22.4 Å². The van der Waals surface area contributed by atoms with Crippen LogP contribution in [0.4, 0.5) is 5.69 Å². The molecule has 0 unspecified atom stereocenters. The number of hydrogen-bond acceptors (Lipinski definition) is 4. The Balaban J connectivity index is 2.55. The second kappa shape index (κ2) is 5.87. The van der Waals surface area contributed by atoms with E-state index in [4.69, 9.17) is 15.2 Å². The quantitative estimate of drug-likeness (QED) is 0.688. The van der Waals surface area contributed by atoms with Gasteiger partial charge in [0.15, 0.2) is 5.75 Å². The normalized spacial score (nSPS) is 10.3. The molecule has 2 rings (SSSR count). The fraction of sp³-hybridized carbons (Fsp3) is 0.235. The number of anilines is 1. The summed E-state index contributed by atoms with van der Waals surface area (Å²) in [6.45, 7) is 5.95. The zero-order valence-electron chi connectivity index (χ0n) is 12.7. The molecule has 4 nitrogen and oxygen atoms in total. The molecule has 2 aromatic rings. The van der Waals surface area contributed by atoms with Crippen LogP contribution in [0.25, 0.3) is 0 Å². The molecule has 2 aromatic carbocycles. The van der Waals surface area contributed by atoms with Crippen LogP contribution in [0.3, 0.4) is 0 Å². The van der Waals surface area contributed by atoms with E-state index >= 15 is 0 Å². The summed E-state index contributed by atoms with van der Waals surface area (Å²) in [4.78, 5) is 11.9. The van der Waals surface area contributed by atoms with Gasteiger partial charge in [0.2, 0.25) is 0 Å². The van der Waals surface area contributed by atoms with Crippen LogP contribution in [0.5, 0.6) is 11.5 Å². The largest absolute Gasteiger partial charge is 0.465 e. The summed E-state index contributed by atoms with van der Waals surface area (Å²) in [6, 6.07) is 9.05. The molecular weight excluding hydrogens is 266 g/mol. The van der Waals surface area contributed by atoms with E-state index in [9.17, 15) is 4.79 Å². The number of rotatable bonds is 3. The average molecular weight is 285 g/mol. The van der Waals surface area contributed by atoms with Crippen molar-refractivity contribution in [2.24, 2.45) is 0 Å². The highest BCUT2D eigenvalue weighted by Gasteiger charge is 2.18. The topological polar surface area (TPSA) is 61.5 Å². The van der Waals surface area contributed by atoms with Crippen LogP contribution >= 0.6 is 0 Å². The lowest BCUT2D eigenvalue weighted by Gasteiger charge is -2.17. The van der Waals surface area contributed by atoms with E-state index < -0.39 is 5.97 Å². The molecule has 0 aliphatic carbocycles. The number of nitrogens with two attached hydrogens (primary N) is 1. The number of aryl methyl sites for hydroxylation is 2. The number of para-hydroxylation sites is 1. The van der Waals surface area contributed by atoms with E-state index in [2.05, 4.69) is 0 Å². The van der Waals surface area contributed by atoms with Crippen molar-refractivity contribution in [3.05, 3.63) is 52.6 Å². The molecule has 0 aliphatic rings. The Hall–Kier alpha value is -2.49. The van der Waals surface area contributed by atoms with Crippen molar-refractivity contribution in [1.29, 1.82) is 0 Å². The molecule has 0 amide bonds. The minimum atomic E-state index is -0.472. The second-order valence-electron chi connectivity index (χ2n) is 4.97. The highest BCUT2D eigenvalue weighted by atomic mass is 16.5. The van der Waals surface area contributed by atoms with E-state index in [1.165, 1.54) is 7.11 Å². The number of carbonyl (C=O) groups excluding carboxylic acids is 1. The van der Waals surface area contributed by atoms with E-state index in [1.54, 1.807) is 18.2 Å². The van der Waals surface area contributed by atoms with Gasteiger partial charge in [-0.2, -0.15) is 0 Å². The van der Waals surface area contributed by atoms with Gasteiger partial charge < -0.3 is 15.2 Å². The number of benzene rings is 2. The Labute approximate surface area is 124 Å². The van der Waals surface area contributed by atoms with Gasteiger partial charge in [0.25, 0.3) is 0 Å². The lowest BCUT2D eigenvalue weighted by Crippen LogP contribution is -2.06. The van der Waals surface area contributed by atoms with Gasteiger partial charge in [-0.3, -0.25) is 0 Å². The first kappa shape index (κ1) is 14.9. The zero-order chi connectivity index (χ0) is 15.6. The van der Waals surface area contributed by atoms with Gasteiger partial charge >= 0.3 is 5.97 Å². The number of methoxy groups -OCH3 is 1. The molecule has 21 heavy (non-hydrogen) atoms. The first-order chi connectivity index (χ1) is 9.95. The number of nitrogen functional groups attached to an aromatic ring is 1. The molecule has 0 bridgehead atoms. The van der Waals surface area contributed by atoms with Crippen LogP contribution in [0.1, 0.15) is 27.0 Å². The van der Waals surface area contributed by atoms with E-state index in [-0.39, 0.29) is 0 Å². The molecule has 110 valence electrons. The maximum atomic E-state index is 11.9. The summed E-state index contributed by atoms with van der Waals surface area (Å²) >= 11 is 0. The summed E-state index contributed by atoms with van der Waals surface area (Å²) in [5, 5.41) is 0. The van der Waals surface area contributed by atoms with Crippen LogP contribution in [0.15, 0.2) is 30.3 Å². The fourth-order valence-corrected chi connectivity index (χ4v) is 2.12. The fourth-order valence-electron chi connectivity index (χ4n) is 2.12. The van der Waals surface area contributed by atoms with Gasteiger partial charge in [-0.05, 0) is 49.6 Å². The zero-order valence-corrected chi connectivity index (χ0v) is 12.7. The molecule has 0 atom stereocenters. The Kier molecular flexibility index (Phi) is 4.17. The van der Waals surface area contributed by atoms with Crippen molar-refractivity contribution >= 4 is 11.7 Å². The lowest BCUT2D eigenvalue weighted by atomic mass is 10.1. The first-order valence-corrected chi connectivity index (χ1v) is 6.67. The Bertz CT molecular complexity index is 693. The maximum absolute atomic E-state index is 11.9. The molecule has 0 aromatic heterocycles. The van der Waals surface area contributed by atoms with Crippen molar-refractivity contribution in [1.82, 2.24) is 0 Å². The maximum Gasteiger partial charge on any atom is 0.341 e. The number of hydrogen-bond donors (Lipinski definition) is 1. The van der Waals surface area contributed by atoms with Crippen molar-refractivity contribution in [2.45, 2.75) is 20.8 Å². The predicted molar refractivity (Wildman–Crippen MR) is 82.9 cm³/mol. The van der Waals surface area contributed by atoms with Crippen LogP contribution < -0.4 is 10.5 Å². The van der Waals surface area contributed by atoms with Gasteiger partial charge in [-0.1, -0.05) is 18.2 Å². The second-order valence-corrected chi connectivity index (χ2v) is 4.97. The number of ether oxygens (including phenoxy) is 2. The van der Waals surface area contributed by atoms with Crippen molar-refractivity contribution in [2.75, 3.05) is 12.8 Å². The highest BCUT2D eigenvalue weighted by Crippen LogP contribution is 2.36. The van der Waals surface area contributed by atoms with Gasteiger partial charge in [-0.25, -0.2) is 4.79 Å². The summed E-state index contributed by atoms with van der Waals surface area (Å²) in [7, 11) is 1.33. The molecule has 0 fully saturated rings. The summed E-state index contributed by atoms with van der Waals surface area (Å²) in [6.07, 6.45) is 0. The first-order valence-electron chi connectivity index (χ1n) is 6.67. The standard InChI is InChI=1S/C17H19NO3/c1-10-8-9-11(2)15(12(10)3)21-16-13(17(19)20-4)6-5-7-14(16)18/h5-9H,18H2,1-4H3. The molecule has 0 saturated carbocycles. The molecule has 0 saturated heterocycles. The molecule has 0 radical (unpaired) electrons. The van der Waals surface area contributed by atoms with Crippen LogP contribution in [0.2, 0.25) is 0 Å². The molecule has 0 spiro atoms. The van der Waals surface area contributed by atoms with Crippen molar-refractivity contribution in [3.63, 3.8) is 0 Å². The average Bonchev–Trinajstić information content (AvgIpc) is 2.48. The third kappa shape index (κ3) is 2.84. The smallest absolute Gasteiger partial charge is 0.341 e. The van der Waals surface area contributed by atoms with Crippen molar-refractivity contribution < 1.29 is 14.3 Å². The summed E-state index contributed by atoms with van der Waals surface area (Å²) in [5.74, 6) is 0.583. The van der Waals surface area contributed by atoms with Crippen LogP contribution in [-0.2, 0) is 4.74 Å². The third-order valence-electron chi connectivity index (χ3n) is 3.53. The minimum absolute atomic E-state index is 0.317. The molecule has 2 N–H and O–H groups in total. The highest BCUT2D eigenvalue weighted by molar-refractivity contribution is 5.94. The van der Waals surface area contributed by atoms with Crippen LogP contribution in [-0.4, -0.2) is 13.1 Å². The molecule has 0 aliphatic heterocycles. The summed E-state index contributed by atoms with van der Waals surface area (Å²) < 4.78 is 10.8. The predicted octanol–water partition coefficient (Wildman–Crippen LogP) is 3.77. The van der Waals surface area contributed by atoms with Gasteiger partial charge in [0, 0.05) is 0 Å². The monoisotopic (exact) mass is 285 g/mol. The lowest BCUT2D eigenvalue weighted by molar-refractivity contribution is 0.0598. The Morgan fingerprint density at radius 1 is 1.00 bits per heavy atom. The Morgan fingerprint density at radius 2 is 1.67 bits per heavy atom. The van der Waals surface area contributed by atoms with E-state index in [0.29, 0.717) is 17.0 Å². The van der Waals surface area contributed by atoms with Gasteiger partial charge in [0.05, 0.1) is 12.8 Å². The summed E-state index contributed by atoms with van der Waals surface area (Å²) in [5.41, 5.74) is 9.81. The molecular formula is C17H19NO3.